The van der Waals surface area contributed by atoms with Crippen LogP contribution in [0.4, 0.5) is 5.69 Å². The van der Waals surface area contributed by atoms with Crippen molar-refractivity contribution in [3.63, 3.8) is 0 Å². The van der Waals surface area contributed by atoms with Gasteiger partial charge in [0, 0.05) is 67.7 Å². The fourth-order valence-corrected chi connectivity index (χ4v) is 8.74. The van der Waals surface area contributed by atoms with Gasteiger partial charge in [0.2, 0.25) is 5.43 Å². The van der Waals surface area contributed by atoms with Crippen molar-refractivity contribution in [1.82, 2.24) is 9.88 Å². The Morgan fingerprint density at radius 1 is 0.985 bits per heavy atom. The quantitative estimate of drug-likeness (QED) is 0.0825. The Morgan fingerprint density at radius 2 is 1.69 bits per heavy atom. The Kier molecular flexibility index (Phi) is 14.8. The van der Waals surface area contributed by atoms with Gasteiger partial charge in [-0.1, -0.05) is 65.8 Å². The Morgan fingerprint density at radius 3 is 2.35 bits per heavy atom. The third-order valence-electron chi connectivity index (χ3n) is 12.9. The number of methoxy groups -OCH3 is 1. The number of aromatic hydroxyl groups is 1. The molecule has 6 rings (SSSR count). The first-order valence-electron chi connectivity index (χ1n) is 22.0. The Labute approximate surface area is 378 Å². The van der Waals surface area contributed by atoms with E-state index in [0.29, 0.717) is 18.9 Å². The van der Waals surface area contributed by atoms with Crippen molar-refractivity contribution < 1.29 is 57.8 Å². The molecule has 0 spiro atoms. The molecule has 16 heteroatoms. The van der Waals surface area contributed by atoms with Gasteiger partial charge in [-0.15, -0.1) is 0 Å². The Bertz CT molecular complexity index is 2580. The average molecular weight is 900 g/mol. The summed E-state index contributed by atoms with van der Waals surface area (Å²) in [4.78, 5) is 63.1. The van der Waals surface area contributed by atoms with Crippen LogP contribution in [0.5, 0.6) is 17.2 Å². The van der Waals surface area contributed by atoms with E-state index in [0.717, 1.165) is 13.1 Å². The number of likely N-dealkylation sites (N-methyl/N-ethyl adjacent to an activating group) is 1. The monoisotopic (exact) mass is 899 g/mol. The molecule has 4 aliphatic rings. The Hall–Kier alpha value is -5.81. The van der Waals surface area contributed by atoms with Crippen LogP contribution >= 0.6 is 0 Å². The number of phenolic OH excluding ortho intramolecular Hbond substituents is 1. The third kappa shape index (κ3) is 9.35. The van der Waals surface area contributed by atoms with Crippen LogP contribution in [0, 0.1) is 30.6 Å². The fourth-order valence-electron chi connectivity index (χ4n) is 8.74. The molecule has 16 nitrogen and oxygen atoms in total. The highest BCUT2D eigenvalue weighted by Crippen LogP contribution is 2.51. The lowest BCUT2D eigenvalue weighted by atomic mass is 9.78. The molecule has 0 saturated carbocycles. The molecule has 3 aliphatic heterocycles. The van der Waals surface area contributed by atoms with E-state index in [4.69, 9.17) is 33.1 Å². The summed E-state index contributed by atoms with van der Waals surface area (Å²) in [6.07, 6.45) is 3.59. The minimum absolute atomic E-state index is 0.0421. The van der Waals surface area contributed by atoms with Gasteiger partial charge in [0.25, 0.3) is 11.7 Å². The van der Waals surface area contributed by atoms with Crippen LogP contribution in [-0.2, 0) is 23.8 Å². The summed E-state index contributed by atoms with van der Waals surface area (Å²) in [6.45, 7) is 19.3. The molecule has 0 aromatic heterocycles. The molecule has 1 amide bonds. The summed E-state index contributed by atoms with van der Waals surface area (Å²) in [7, 11) is 1.45. The molecule has 9 atom stereocenters. The smallest absolute Gasteiger partial charge is 0.312 e. The van der Waals surface area contributed by atoms with Gasteiger partial charge >= 0.3 is 11.8 Å². The molecule has 0 fully saturated rings. The molecule has 65 heavy (non-hydrogen) atoms. The van der Waals surface area contributed by atoms with Gasteiger partial charge in [0.05, 0.1) is 35.5 Å². The number of hydrogen-bond donors (Lipinski definition) is 4. The minimum atomic E-state index is -2.05. The molecule has 350 valence electrons. The third-order valence-corrected chi connectivity index (χ3v) is 12.9. The van der Waals surface area contributed by atoms with Crippen LogP contribution < -0.4 is 20.2 Å². The number of rotatable bonds is 8. The number of esters is 1. The zero-order valence-electron chi connectivity index (χ0n) is 38.9. The van der Waals surface area contributed by atoms with Crippen LogP contribution in [0.3, 0.4) is 0 Å². The highest BCUT2D eigenvalue weighted by atomic mass is 16.7. The van der Waals surface area contributed by atoms with E-state index in [9.17, 15) is 34.5 Å². The van der Waals surface area contributed by atoms with Gasteiger partial charge < -0.3 is 53.6 Å². The number of carbonyl (C=O) groups excluding carboxylic acids is 3. The van der Waals surface area contributed by atoms with Crippen LogP contribution in [0.25, 0.3) is 33.3 Å². The average Bonchev–Trinajstić information content (AvgIpc) is 3.55. The van der Waals surface area contributed by atoms with E-state index < -0.39 is 82.7 Å². The number of carbonyl (C=O) groups is 3. The molecular weight excluding hydrogens is 839 g/mol. The molecule has 0 radical (unpaired) electrons. The van der Waals surface area contributed by atoms with Crippen molar-refractivity contribution in [2.75, 3.05) is 38.7 Å². The zero-order chi connectivity index (χ0) is 47.7. The minimum Gasteiger partial charge on any atom is -0.507 e. The summed E-state index contributed by atoms with van der Waals surface area (Å²) in [5.74, 6) is -6.94. The lowest BCUT2D eigenvalue weighted by Gasteiger charge is -2.38. The molecule has 2 aromatic carbocycles. The number of aliphatic hydroxyl groups is 2. The van der Waals surface area contributed by atoms with Crippen molar-refractivity contribution in [2.45, 2.75) is 99.4 Å². The normalized spacial score (nSPS) is 28.5. The second-order valence-electron chi connectivity index (χ2n) is 17.2. The number of allylic oxidation sites excluding steroid dienone is 2. The number of ketones is 1. The number of Topliss-reactive ketones (excluding diaryl/α,β-unsaturated/α-hetero) is 1. The first kappa shape index (κ1) is 48.6. The molecule has 4 N–H and O–H groups in total. The first-order chi connectivity index (χ1) is 30.8. The molecule has 2 aromatic rings. The van der Waals surface area contributed by atoms with Crippen molar-refractivity contribution in [3.05, 3.63) is 75.7 Å². The maximum atomic E-state index is 14.8. The number of nitrogens with zero attached hydrogens (tertiary/aromatic N) is 2. The predicted molar refractivity (Wildman–Crippen MR) is 244 cm³/mol. The largest absolute Gasteiger partial charge is 0.507 e. The zero-order valence-corrected chi connectivity index (χ0v) is 38.9. The lowest BCUT2D eigenvalue weighted by Crippen LogP contribution is -2.46. The van der Waals surface area contributed by atoms with Crippen molar-refractivity contribution in [2.24, 2.45) is 23.7 Å². The number of amides is 1. The highest BCUT2D eigenvalue weighted by Gasteiger charge is 2.50. The van der Waals surface area contributed by atoms with Crippen LogP contribution in [0.2, 0.25) is 0 Å². The van der Waals surface area contributed by atoms with Gasteiger partial charge in [-0.05, 0) is 45.1 Å². The first-order valence-corrected chi connectivity index (χ1v) is 22.0. The SMILES string of the molecule is CCN(CC)CCOc1cccc2oc3c4c(=O)c5c(O)c(C)c6c(c5c-3nc12)C(=O)[C@@](C)(O/C=C/[C@H](OC)[C@@H](C)[C@@H](OC(C)=O)[C@H](C)[C@H](O)[C@H](C)[C@@H](O)[C@@H](C)/C=C/C=C(/C)C(=O)N4)O6. The molecule has 4 bridgehead atoms. The second-order valence-corrected chi connectivity index (χ2v) is 17.2. The lowest BCUT2D eigenvalue weighted by molar-refractivity contribution is -0.160. The van der Waals surface area contributed by atoms with Gasteiger partial charge in [0.1, 0.15) is 46.9 Å². The van der Waals surface area contributed by atoms with E-state index in [1.165, 1.54) is 53.2 Å². The number of benzene rings is 3. The van der Waals surface area contributed by atoms with Crippen molar-refractivity contribution in [1.29, 1.82) is 0 Å². The molecule has 3 heterocycles. The van der Waals surface area contributed by atoms with E-state index in [-0.39, 0.29) is 61.5 Å². The van der Waals surface area contributed by atoms with Crippen LogP contribution in [-0.4, -0.2) is 106 Å². The van der Waals surface area contributed by atoms with Gasteiger partial charge in [-0.3, -0.25) is 19.2 Å². The van der Waals surface area contributed by atoms with Crippen molar-refractivity contribution >= 4 is 45.2 Å². The predicted octanol–water partition coefficient (Wildman–Crippen LogP) is 6.67. The number of ether oxygens (including phenoxy) is 5. The summed E-state index contributed by atoms with van der Waals surface area (Å²) < 4.78 is 36.6. The van der Waals surface area contributed by atoms with E-state index in [1.54, 1.807) is 58.0 Å². The number of hydrogen-bond acceptors (Lipinski definition) is 15. The number of phenols is 1. The van der Waals surface area contributed by atoms with E-state index >= 15 is 0 Å². The van der Waals surface area contributed by atoms with Gasteiger partial charge in [-0.2, -0.15) is 0 Å². The number of anilines is 1. The summed E-state index contributed by atoms with van der Waals surface area (Å²) >= 11 is 0. The van der Waals surface area contributed by atoms with Crippen LogP contribution in [0.15, 0.2) is 63.6 Å². The highest BCUT2D eigenvalue weighted by molar-refractivity contribution is 6.22. The molecule has 1 aliphatic carbocycles. The number of nitrogens with one attached hydrogen (secondary N) is 1. The maximum absolute atomic E-state index is 14.8. The summed E-state index contributed by atoms with van der Waals surface area (Å²) in [5, 5.41) is 37.2. The summed E-state index contributed by atoms with van der Waals surface area (Å²) in [6, 6.07) is 5.06. The van der Waals surface area contributed by atoms with E-state index in [1.807, 2.05) is 0 Å². The number of aliphatic hydroxyl groups excluding tert-OH is 2. The van der Waals surface area contributed by atoms with Gasteiger partial charge in [0.15, 0.2) is 11.3 Å². The molecule has 0 unspecified atom stereocenters. The Balaban J connectivity index is 1.59. The fraction of sp³-hybridized carbons (Fsp3) is 0.490. The van der Waals surface area contributed by atoms with E-state index in [2.05, 4.69) is 24.1 Å². The second kappa shape index (κ2) is 19.7. The number of fused-ring (bicyclic) bond motifs is 2. The van der Waals surface area contributed by atoms with Gasteiger partial charge in [-0.25, -0.2) is 4.98 Å². The summed E-state index contributed by atoms with van der Waals surface area (Å²) in [5.41, 5.74) is -0.644. The maximum Gasteiger partial charge on any atom is 0.312 e. The van der Waals surface area contributed by atoms with Crippen LogP contribution in [0.1, 0.15) is 78.2 Å². The van der Waals surface area contributed by atoms with Crippen molar-refractivity contribution in [3.8, 4) is 28.7 Å². The number of aromatic nitrogens is 1. The standard InChI is InChI=1S/C49H61N3O13/c1-12-52(13-2)21-23-61-32-18-15-19-33-37(32)50-38-34-35-42(56)29(8)45-36(34)47(58)49(10,65-45)62-22-20-31(60-11)26(5)44(63-30(9)53)28(7)41(55)27(6)40(54)24(3)16-14-17-25(4)48(59)51-39(43(35)57)46(38)64-33/h14-20,22,24,26-28,31,40-41,44,54-56H,12-13,21,23H2,1-11H3,(H,51,59)/b16-14+,22-20+,25-17-/t24-,26+,27+,28+,31-,40-,41+,44+,49-/m0/s1. The molecule has 0 saturated heterocycles. The number of para-hydroxylation sites is 1. The topological polar surface area (TPSA) is 216 Å². The molecular formula is C49H61N3O13.